The monoisotopic (exact) mass is 360 g/mol. The van der Waals surface area contributed by atoms with Crippen molar-refractivity contribution in [3.63, 3.8) is 0 Å². The molecule has 2 N–H and O–H groups in total. The third-order valence-electron chi connectivity index (χ3n) is 4.93. The van der Waals surface area contributed by atoms with Crippen LogP contribution in [-0.2, 0) is 10.3 Å². The van der Waals surface area contributed by atoms with Crippen molar-refractivity contribution in [1.82, 2.24) is 0 Å². The summed E-state index contributed by atoms with van der Waals surface area (Å²) in [5.74, 6) is 0.0373. The molecule has 0 fully saturated rings. The molecule has 0 amide bonds. The van der Waals surface area contributed by atoms with E-state index < -0.39 is 11.6 Å². The van der Waals surface area contributed by atoms with Gasteiger partial charge in [-0.25, -0.2) is 4.79 Å². The number of rotatable bonds is 1. The predicted octanol–water partition coefficient (Wildman–Crippen LogP) is 3.48. The maximum absolute atomic E-state index is 12.6. The molecular formula is C21H12O6. The van der Waals surface area contributed by atoms with E-state index in [9.17, 15) is 19.8 Å². The predicted molar refractivity (Wildman–Crippen MR) is 93.4 cm³/mol. The molecule has 0 saturated heterocycles. The fraction of sp³-hybridized carbons (Fsp3) is 0.0476. The van der Waals surface area contributed by atoms with Crippen LogP contribution in [0.4, 0.5) is 0 Å². The summed E-state index contributed by atoms with van der Waals surface area (Å²) in [6.45, 7) is 0. The lowest BCUT2D eigenvalue weighted by Crippen LogP contribution is -2.33. The van der Waals surface area contributed by atoms with Crippen LogP contribution in [0.5, 0.6) is 23.0 Å². The zero-order valence-corrected chi connectivity index (χ0v) is 13.8. The third-order valence-corrected chi connectivity index (χ3v) is 4.93. The molecule has 1 spiro atoms. The first-order chi connectivity index (χ1) is 13.0. The molecule has 0 unspecified atom stereocenters. The molecule has 0 aromatic heterocycles. The van der Waals surface area contributed by atoms with Gasteiger partial charge in [0.25, 0.3) is 0 Å². The summed E-state index contributed by atoms with van der Waals surface area (Å²) >= 11 is 0. The third kappa shape index (κ3) is 1.95. The quantitative estimate of drug-likeness (QED) is 0.510. The second-order valence-corrected chi connectivity index (χ2v) is 6.46. The van der Waals surface area contributed by atoms with Crippen molar-refractivity contribution >= 4 is 12.3 Å². The largest absolute Gasteiger partial charge is 0.508 e. The molecule has 27 heavy (non-hydrogen) atoms. The zero-order valence-electron chi connectivity index (χ0n) is 13.8. The molecule has 0 aliphatic carbocycles. The van der Waals surface area contributed by atoms with Gasteiger partial charge < -0.3 is 19.7 Å². The van der Waals surface area contributed by atoms with Gasteiger partial charge in [-0.3, -0.25) is 4.79 Å². The van der Waals surface area contributed by atoms with Gasteiger partial charge in [-0.2, -0.15) is 0 Å². The number of aldehydes is 1. The summed E-state index contributed by atoms with van der Waals surface area (Å²) in [6.07, 6.45) is 0.700. The number of carbonyl (C=O) groups is 2. The Morgan fingerprint density at radius 1 is 0.815 bits per heavy atom. The number of benzene rings is 3. The van der Waals surface area contributed by atoms with E-state index in [1.165, 1.54) is 24.3 Å². The average Bonchev–Trinajstić information content (AvgIpc) is 2.94. The number of phenols is 2. The number of ether oxygens (including phenoxy) is 2. The smallest absolute Gasteiger partial charge is 0.340 e. The molecule has 0 atom stereocenters. The van der Waals surface area contributed by atoms with Crippen LogP contribution in [0.25, 0.3) is 0 Å². The Labute approximate surface area is 153 Å². The van der Waals surface area contributed by atoms with E-state index in [1.807, 2.05) is 0 Å². The first kappa shape index (κ1) is 15.5. The summed E-state index contributed by atoms with van der Waals surface area (Å²) in [6, 6.07) is 13.8. The molecule has 132 valence electrons. The minimum atomic E-state index is -1.34. The van der Waals surface area contributed by atoms with Crippen LogP contribution >= 0.6 is 0 Å². The molecule has 3 aromatic rings. The van der Waals surface area contributed by atoms with Crippen LogP contribution in [0.15, 0.2) is 54.6 Å². The molecule has 0 saturated carbocycles. The molecule has 3 aromatic carbocycles. The normalized spacial score (nSPS) is 15.3. The highest BCUT2D eigenvalue weighted by Gasteiger charge is 2.53. The van der Waals surface area contributed by atoms with Gasteiger partial charge in [-0.05, 0) is 36.4 Å². The molecule has 2 aliphatic rings. The molecule has 6 heteroatoms. The summed E-state index contributed by atoms with van der Waals surface area (Å²) in [5.41, 5.74) is 0.969. The number of esters is 1. The van der Waals surface area contributed by atoms with Crippen LogP contribution in [0.3, 0.4) is 0 Å². The van der Waals surface area contributed by atoms with E-state index in [2.05, 4.69) is 0 Å². The Morgan fingerprint density at radius 3 is 2.04 bits per heavy atom. The molecule has 2 aliphatic heterocycles. The van der Waals surface area contributed by atoms with E-state index in [0.29, 0.717) is 45.6 Å². The number of carbonyl (C=O) groups excluding carboxylic acids is 2. The SMILES string of the molecule is O=Cc1ccc2c(c1)C1(OC2=O)c2ccc(O)cc2Oc2cc(O)ccc21. The molecule has 6 nitrogen and oxygen atoms in total. The number of phenolic OH excluding ortho intramolecular Hbond substituents is 2. The maximum Gasteiger partial charge on any atom is 0.340 e. The van der Waals surface area contributed by atoms with Gasteiger partial charge in [0.1, 0.15) is 29.3 Å². The van der Waals surface area contributed by atoms with Crippen molar-refractivity contribution in [1.29, 1.82) is 0 Å². The standard InChI is InChI=1S/C21H12O6/c22-10-11-1-4-14-17(7-11)21(27-20(14)25)15-5-2-12(23)8-18(15)26-19-9-13(24)3-6-16(19)21/h1-10,23-24H. The molecule has 2 heterocycles. The van der Waals surface area contributed by atoms with Crippen LogP contribution < -0.4 is 4.74 Å². The fourth-order valence-electron chi connectivity index (χ4n) is 3.79. The van der Waals surface area contributed by atoms with E-state index in [4.69, 9.17) is 9.47 Å². The maximum atomic E-state index is 12.6. The lowest BCUT2D eigenvalue weighted by molar-refractivity contribution is 0.0224. The second-order valence-electron chi connectivity index (χ2n) is 6.46. The summed E-state index contributed by atoms with van der Waals surface area (Å²) < 4.78 is 11.7. The Morgan fingerprint density at radius 2 is 1.44 bits per heavy atom. The zero-order chi connectivity index (χ0) is 18.8. The lowest BCUT2D eigenvalue weighted by atomic mass is 9.77. The van der Waals surface area contributed by atoms with Crippen molar-refractivity contribution in [2.45, 2.75) is 5.60 Å². The molecule has 0 bridgehead atoms. The summed E-state index contributed by atoms with van der Waals surface area (Å²) in [7, 11) is 0. The first-order valence-electron chi connectivity index (χ1n) is 8.21. The Kier molecular flexibility index (Phi) is 2.92. The van der Waals surface area contributed by atoms with E-state index in [0.717, 1.165) is 0 Å². The minimum Gasteiger partial charge on any atom is -0.508 e. The molecular weight excluding hydrogens is 348 g/mol. The Balaban J connectivity index is 1.91. The van der Waals surface area contributed by atoms with Crippen LogP contribution in [-0.4, -0.2) is 22.5 Å². The van der Waals surface area contributed by atoms with Gasteiger partial charge in [-0.1, -0.05) is 6.07 Å². The fourth-order valence-corrected chi connectivity index (χ4v) is 3.79. The van der Waals surface area contributed by atoms with Gasteiger partial charge in [0.2, 0.25) is 0 Å². The Hall–Kier alpha value is -3.80. The highest BCUT2D eigenvalue weighted by molar-refractivity contribution is 5.98. The van der Waals surface area contributed by atoms with E-state index in [1.54, 1.807) is 30.3 Å². The minimum absolute atomic E-state index is 0.0151. The topological polar surface area (TPSA) is 93.1 Å². The van der Waals surface area contributed by atoms with Crippen molar-refractivity contribution in [3.05, 3.63) is 82.4 Å². The molecule has 0 radical (unpaired) electrons. The van der Waals surface area contributed by atoms with Gasteiger partial charge in [0, 0.05) is 34.4 Å². The average molecular weight is 360 g/mol. The number of aromatic hydroxyl groups is 2. The number of hydrogen-bond acceptors (Lipinski definition) is 6. The molecule has 5 rings (SSSR count). The second kappa shape index (κ2) is 5.11. The van der Waals surface area contributed by atoms with Crippen LogP contribution in [0.1, 0.15) is 37.4 Å². The van der Waals surface area contributed by atoms with Crippen molar-refractivity contribution in [2.24, 2.45) is 0 Å². The highest BCUT2D eigenvalue weighted by Crippen LogP contribution is 2.57. The van der Waals surface area contributed by atoms with Gasteiger partial charge >= 0.3 is 5.97 Å². The van der Waals surface area contributed by atoms with E-state index in [-0.39, 0.29) is 11.5 Å². The summed E-state index contributed by atoms with van der Waals surface area (Å²) in [4.78, 5) is 24.0. The van der Waals surface area contributed by atoms with E-state index >= 15 is 0 Å². The lowest BCUT2D eigenvalue weighted by Gasteiger charge is -2.36. The number of fused-ring (bicyclic) bond motifs is 6. The van der Waals surface area contributed by atoms with Gasteiger partial charge in [0.15, 0.2) is 5.60 Å². The first-order valence-corrected chi connectivity index (χ1v) is 8.21. The van der Waals surface area contributed by atoms with Crippen molar-refractivity contribution in [3.8, 4) is 23.0 Å². The Bertz CT molecular complexity index is 1100. The number of hydrogen-bond donors (Lipinski definition) is 2. The van der Waals surface area contributed by atoms with Gasteiger partial charge in [0.05, 0.1) is 5.56 Å². The summed E-state index contributed by atoms with van der Waals surface area (Å²) in [5, 5.41) is 19.7. The van der Waals surface area contributed by atoms with Crippen molar-refractivity contribution in [2.75, 3.05) is 0 Å². The highest BCUT2D eigenvalue weighted by atomic mass is 16.6. The van der Waals surface area contributed by atoms with Gasteiger partial charge in [-0.15, -0.1) is 0 Å². The van der Waals surface area contributed by atoms with Crippen LogP contribution in [0, 0.1) is 0 Å². The van der Waals surface area contributed by atoms with Crippen molar-refractivity contribution < 1.29 is 29.3 Å². The van der Waals surface area contributed by atoms with Crippen LogP contribution in [0.2, 0.25) is 0 Å².